The molecule has 2 N–H and O–H groups in total. The van der Waals surface area contributed by atoms with E-state index < -0.39 is 6.61 Å². The molecule has 9 heteroatoms. The van der Waals surface area contributed by atoms with Gasteiger partial charge in [-0.2, -0.15) is 8.78 Å². The van der Waals surface area contributed by atoms with E-state index >= 15 is 0 Å². The summed E-state index contributed by atoms with van der Waals surface area (Å²) < 4.78 is 41.1. The molecule has 0 aliphatic heterocycles. The van der Waals surface area contributed by atoms with Crippen LogP contribution in [0.3, 0.4) is 0 Å². The topological polar surface area (TPSA) is 77.0 Å². The Balaban J connectivity index is 2.02. The molecule has 1 heterocycles. The highest BCUT2D eigenvalue weighted by Crippen LogP contribution is 2.32. The minimum Gasteiger partial charge on any atom is -0.490 e. The second kappa shape index (κ2) is 11.7. The van der Waals surface area contributed by atoms with E-state index in [1.165, 1.54) is 0 Å². The number of guanidine groups is 1. The average molecular weight is 408 g/mol. The highest BCUT2D eigenvalue weighted by atomic mass is 19.3. The molecule has 0 aliphatic carbocycles. The molecule has 0 amide bonds. The molecule has 0 unspecified atom stereocenters. The third-order valence-corrected chi connectivity index (χ3v) is 3.79. The third kappa shape index (κ3) is 7.10. The van der Waals surface area contributed by atoms with Gasteiger partial charge in [0.1, 0.15) is 0 Å². The Kier molecular flexibility index (Phi) is 8.94. The maximum atomic E-state index is 12.8. The van der Waals surface area contributed by atoms with Gasteiger partial charge in [0, 0.05) is 38.0 Å². The van der Waals surface area contributed by atoms with Gasteiger partial charge in [0.25, 0.3) is 0 Å². The van der Waals surface area contributed by atoms with Gasteiger partial charge in [0.15, 0.2) is 17.5 Å². The summed E-state index contributed by atoms with van der Waals surface area (Å²) in [5, 5.41) is 6.25. The Morgan fingerprint density at radius 1 is 1.10 bits per heavy atom. The van der Waals surface area contributed by atoms with Gasteiger partial charge in [-0.05, 0) is 31.5 Å². The van der Waals surface area contributed by atoms with Crippen molar-refractivity contribution in [2.75, 3.05) is 20.3 Å². The van der Waals surface area contributed by atoms with Crippen molar-refractivity contribution >= 4 is 5.96 Å². The number of aromatic nitrogens is 1. The lowest BCUT2D eigenvalue weighted by Crippen LogP contribution is -2.36. The van der Waals surface area contributed by atoms with Gasteiger partial charge in [-0.1, -0.05) is 12.1 Å². The molecular formula is C20H26F2N4O3. The maximum Gasteiger partial charge on any atom is 0.387 e. The first-order valence-electron chi connectivity index (χ1n) is 9.29. The maximum absolute atomic E-state index is 12.8. The van der Waals surface area contributed by atoms with Gasteiger partial charge in [0.05, 0.1) is 13.2 Å². The number of benzene rings is 1. The van der Waals surface area contributed by atoms with E-state index in [1.807, 2.05) is 19.1 Å². The van der Waals surface area contributed by atoms with Crippen molar-refractivity contribution in [2.24, 2.45) is 4.99 Å². The van der Waals surface area contributed by atoms with E-state index in [1.54, 1.807) is 38.4 Å². The zero-order chi connectivity index (χ0) is 21.1. The van der Waals surface area contributed by atoms with E-state index in [-0.39, 0.29) is 18.0 Å². The van der Waals surface area contributed by atoms with Crippen molar-refractivity contribution < 1.29 is 23.0 Å². The Labute approximate surface area is 169 Å². The summed E-state index contributed by atoms with van der Waals surface area (Å²) in [5.74, 6) is 1.35. The Morgan fingerprint density at radius 2 is 1.86 bits per heavy atom. The molecule has 1 aromatic heterocycles. The molecule has 0 fully saturated rings. The minimum atomic E-state index is -2.95. The fourth-order valence-electron chi connectivity index (χ4n) is 2.57. The van der Waals surface area contributed by atoms with Crippen molar-refractivity contribution in [1.29, 1.82) is 0 Å². The van der Waals surface area contributed by atoms with Crippen LogP contribution < -0.4 is 24.8 Å². The molecule has 0 saturated carbocycles. The van der Waals surface area contributed by atoms with Gasteiger partial charge < -0.3 is 24.8 Å². The number of alkyl halides is 2. The number of hydrogen-bond acceptors (Lipinski definition) is 5. The summed E-state index contributed by atoms with van der Waals surface area (Å²) in [5.41, 5.74) is 1.49. The molecule has 2 rings (SSSR count). The standard InChI is InChI=1S/C20H26F2N4O3/c1-4-27-16-8-6-7-15(18(16)29-19(21)22)13-26-20(23-3)25-12-14-9-10-24-17(11-14)28-5-2/h6-11,19H,4-5,12-13H2,1-3H3,(H2,23,25,26). The highest BCUT2D eigenvalue weighted by Gasteiger charge is 2.16. The first-order valence-corrected chi connectivity index (χ1v) is 9.29. The molecule has 0 spiro atoms. The number of para-hydroxylation sites is 1. The van der Waals surface area contributed by atoms with Crippen LogP contribution >= 0.6 is 0 Å². The summed E-state index contributed by atoms with van der Waals surface area (Å²) in [6.07, 6.45) is 1.67. The normalized spacial score (nSPS) is 11.3. The molecule has 1 aromatic carbocycles. The van der Waals surface area contributed by atoms with E-state index in [9.17, 15) is 8.78 Å². The average Bonchev–Trinajstić information content (AvgIpc) is 2.70. The third-order valence-electron chi connectivity index (χ3n) is 3.79. The van der Waals surface area contributed by atoms with Crippen LogP contribution in [0.2, 0.25) is 0 Å². The molecule has 0 radical (unpaired) electrons. The summed E-state index contributed by atoms with van der Waals surface area (Å²) >= 11 is 0. The second-order valence-electron chi connectivity index (χ2n) is 5.77. The molecule has 0 aliphatic rings. The van der Waals surface area contributed by atoms with E-state index in [2.05, 4.69) is 25.3 Å². The van der Waals surface area contributed by atoms with Gasteiger partial charge in [-0.25, -0.2) is 4.98 Å². The lowest BCUT2D eigenvalue weighted by molar-refractivity contribution is -0.0520. The van der Waals surface area contributed by atoms with E-state index in [0.29, 0.717) is 37.2 Å². The fraction of sp³-hybridized carbons (Fsp3) is 0.400. The van der Waals surface area contributed by atoms with Crippen LogP contribution in [0.15, 0.2) is 41.5 Å². The molecule has 0 bridgehead atoms. The number of aliphatic imine (C=N–C) groups is 1. The Morgan fingerprint density at radius 3 is 2.55 bits per heavy atom. The van der Waals surface area contributed by atoms with Crippen LogP contribution in [0.25, 0.3) is 0 Å². The van der Waals surface area contributed by atoms with Gasteiger partial charge in [0.2, 0.25) is 5.88 Å². The molecule has 7 nitrogen and oxygen atoms in total. The Hall–Kier alpha value is -3.10. The number of nitrogens with zero attached hydrogens (tertiary/aromatic N) is 2. The van der Waals surface area contributed by atoms with Gasteiger partial charge in [-0.15, -0.1) is 0 Å². The fourth-order valence-corrected chi connectivity index (χ4v) is 2.57. The number of hydrogen-bond donors (Lipinski definition) is 2. The van der Waals surface area contributed by atoms with Gasteiger partial charge in [-0.3, -0.25) is 4.99 Å². The quantitative estimate of drug-likeness (QED) is 0.464. The van der Waals surface area contributed by atoms with Crippen molar-refractivity contribution in [1.82, 2.24) is 15.6 Å². The lowest BCUT2D eigenvalue weighted by atomic mass is 10.2. The molecule has 2 aromatic rings. The van der Waals surface area contributed by atoms with Crippen LogP contribution in [-0.2, 0) is 13.1 Å². The van der Waals surface area contributed by atoms with Crippen molar-refractivity contribution in [3.63, 3.8) is 0 Å². The zero-order valence-electron chi connectivity index (χ0n) is 16.7. The number of ether oxygens (including phenoxy) is 3. The lowest BCUT2D eigenvalue weighted by Gasteiger charge is -2.17. The predicted molar refractivity (Wildman–Crippen MR) is 107 cm³/mol. The van der Waals surface area contributed by atoms with Crippen LogP contribution in [0.1, 0.15) is 25.0 Å². The number of rotatable bonds is 10. The summed E-state index contributed by atoms with van der Waals surface area (Å²) in [6, 6.07) is 8.71. The summed E-state index contributed by atoms with van der Waals surface area (Å²) in [4.78, 5) is 8.28. The minimum absolute atomic E-state index is 0.0165. The van der Waals surface area contributed by atoms with Crippen LogP contribution in [-0.4, -0.2) is 37.8 Å². The second-order valence-corrected chi connectivity index (χ2v) is 5.77. The van der Waals surface area contributed by atoms with Crippen LogP contribution in [0, 0.1) is 0 Å². The molecular weight excluding hydrogens is 382 g/mol. The monoisotopic (exact) mass is 408 g/mol. The smallest absolute Gasteiger partial charge is 0.387 e. The largest absolute Gasteiger partial charge is 0.490 e. The zero-order valence-corrected chi connectivity index (χ0v) is 16.7. The molecule has 29 heavy (non-hydrogen) atoms. The van der Waals surface area contributed by atoms with Gasteiger partial charge >= 0.3 is 6.61 Å². The number of pyridine rings is 1. The van der Waals surface area contributed by atoms with Crippen molar-refractivity contribution in [3.8, 4) is 17.4 Å². The summed E-state index contributed by atoms with van der Waals surface area (Å²) in [7, 11) is 1.63. The number of nitrogens with one attached hydrogen (secondary N) is 2. The van der Waals surface area contributed by atoms with Crippen LogP contribution in [0.4, 0.5) is 8.78 Å². The molecule has 0 saturated heterocycles. The first kappa shape index (κ1) is 22.2. The van der Waals surface area contributed by atoms with Crippen LogP contribution in [0.5, 0.6) is 17.4 Å². The molecule has 158 valence electrons. The highest BCUT2D eigenvalue weighted by molar-refractivity contribution is 5.79. The number of halogens is 2. The van der Waals surface area contributed by atoms with E-state index in [0.717, 1.165) is 5.56 Å². The summed E-state index contributed by atoms with van der Waals surface area (Å²) in [6.45, 7) is 2.32. The predicted octanol–water partition coefficient (Wildman–Crippen LogP) is 3.35. The first-order chi connectivity index (χ1) is 14.1. The van der Waals surface area contributed by atoms with Crippen molar-refractivity contribution in [3.05, 3.63) is 47.7 Å². The van der Waals surface area contributed by atoms with E-state index in [4.69, 9.17) is 9.47 Å². The SMILES string of the molecule is CCOc1cc(CNC(=NC)NCc2cccc(OCC)c2OC(F)F)ccn1. The van der Waals surface area contributed by atoms with Crippen molar-refractivity contribution in [2.45, 2.75) is 33.5 Å². The Bertz CT molecular complexity index is 803. The molecule has 0 atom stereocenters.